The summed E-state index contributed by atoms with van der Waals surface area (Å²) in [5.74, 6) is 0. The molecule has 0 amide bonds. The van der Waals surface area contributed by atoms with E-state index in [4.69, 9.17) is 4.74 Å². The van der Waals surface area contributed by atoms with Gasteiger partial charge >= 0.3 is 0 Å². The van der Waals surface area contributed by atoms with Crippen LogP contribution in [0.1, 0.15) is 65.5 Å². The predicted molar refractivity (Wildman–Crippen MR) is 84.9 cm³/mol. The van der Waals surface area contributed by atoms with Crippen LogP contribution in [0.25, 0.3) is 0 Å². The fourth-order valence-electron chi connectivity index (χ4n) is 3.38. The Morgan fingerprint density at radius 1 is 1.20 bits per heavy atom. The van der Waals surface area contributed by atoms with Gasteiger partial charge in [0.25, 0.3) is 0 Å². The molecule has 1 N–H and O–H groups in total. The van der Waals surface area contributed by atoms with Crippen molar-refractivity contribution in [1.82, 2.24) is 5.32 Å². The van der Waals surface area contributed by atoms with E-state index in [1.807, 2.05) is 0 Å². The van der Waals surface area contributed by atoms with Gasteiger partial charge in [0, 0.05) is 12.1 Å². The van der Waals surface area contributed by atoms with Crippen LogP contribution in [0.4, 0.5) is 0 Å². The van der Waals surface area contributed by atoms with Crippen molar-refractivity contribution >= 4 is 0 Å². The van der Waals surface area contributed by atoms with Gasteiger partial charge in [0.2, 0.25) is 0 Å². The summed E-state index contributed by atoms with van der Waals surface area (Å²) in [5, 5.41) is 3.85. The highest BCUT2D eigenvalue weighted by Gasteiger charge is 2.46. The molecule has 0 spiro atoms. The molecule has 112 valence electrons. The first-order chi connectivity index (χ1) is 9.34. The molecule has 0 aromatic heterocycles. The Hall–Kier alpha value is -0.860. The fraction of sp³-hybridized carbons (Fsp3) is 0.667. The molecule has 2 atom stereocenters. The molecular formula is C18H29NO. The minimum atomic E-state index is -0.107. The Kier molecular flexibility index (Phi) is 4.55. The predicted octanol–water partition coefficient (Wildman–Crippen LogP) is 4.46. The maximum absolute atomic E-state index is 6.20. The second-order valence-corrected chi connectivity index (χ2v) is 7.14. The van der Waals surface area contributed by atoms with Crippen molar-refractivity contribution in [2.75, 3.05) is 0 Å². The summed E-state index contributed by atoms with van der Waals surface area (Å²) < 4.78 is 6.20. The molecule has 2 rings (SSSR count). The molecule has 0 saturated carbocycles. The molecule has 1 aromatic carbocycles. The summed E-state index contributed by atoms with van der Waals surface area (Å²) in [7, 11) is 0. The summed E-state index contributed by atoms with van der Waals surface area (Å²) in [5.41, 5.74) is 1.24. The molecule has 2 unspecified atom stereocenters. The zero-order valence-corrected chi connectivity index (χ0v) is 13.6. The van der Waals surface area contributed by atoms with Crippen LogP contribution in [0, 0.1) is 0 Å². The van der Waals surface area contributed by atoms with Gasteiger partial charge in [0.1, 0.15) is 0 Å². The smallest absolute Gasteiger partial charge is 0.0787 e. The quantitative estimate of drug-likeness (QED) is 0.856. The van der Waals surface area contributed by atoms with Crippen molar-refractivity contribution in [1.29, 1.82) is 0 Å². The van der Waals surface area contributed by atoms with Crippen LogP contribution in [-0.4, -0.2) is 17.2 Å². The van der Waals surface area contributed by atoms with Gasteiger partial charge in [0.15, 0.2) is 0 Å². The summed E-state index contributed by atoms with van der Waals surface area (Å²) in [6.07, 6.45) is 3.41. The lowest BCUT2D eigenvalue weighted by Crippen LogP contribution is -2.44. The van der Waals surface area contributed by atoms with Crippen molar-refractivity contribution in [2.24, 2.45) is 0 Å². The molecule has 20 heavy (non-hydrogen) atoms. The largest absolute Gasteiger partial charge is 0.368 e. The van der Waals surface area contributed by atoms with E-state index >= 15 is 0 Å². The molecule has 1 aromatic rings. The number of hydrogen-bond donors (Lipinski definition) is 1. The van der Waals surface area contributed by atoms with Crippen LogP contribution < -0.4 is 5.32 Å². The average Bonchev–Trinajstić information content (AvgIpc) is 2.57. The maximum atomic E-state index is 6.20. The lowest BCUT2D eigenvalue weighted by molar-refractivity contribution is -0.0705. The van der Waals surface area contributed by atoms with E-state index in [1.54, 1.807) is 0 Å². The van der Waals surface area contributed by atoms with Crippen LogP contribution in [0.5, 0.6) is 0 Å². The van der Waals surface area contributed by atoms with Gasteiger partial charge in [-0.2, -0.15) is 0 Å². The van der Waals surface area contributed by atoms with Crippen LogP contribution in [0.2, 0.25) is 0 Å². The van der Waals surface area contributed by atoms with E-state index in [0.29, 0.717) is 12.1 Å². The lowest BCUT2D eigenvalue weighted by Gasteiger charge is -2.31. The molecule has 1 aliphatic rings. The molecular weight excluding hydrogens is 246 g/mol. The SMILES string of the molecule is CCCC(NC1CC(C)(C)OC1(C)C)c1ccccc1. The minimum absolute atomic E-state index is 0.0331. The molecule has 0 aliphatic carbocycles. The number of ether oxygens (including phenoxy) is 1. The maximum Gasteiger partial charge on any atom is 0.0787 e. The molecule has 1 saturated heterocycles. The number of benzene rings is 1. The fourth-order valence-corrected chi connectivity index (χ4v) is 3.38. The summed E-state index contributed by atoms with van der Waals surface area (Å²) >= 11 is 0. The van der Waals surface area contributed by atoms with Crippen LogP contribution in [0.3, 0.4) is 0 Å². The van der Waals surface area contributed by atoms with E-state index in [9.17, 15) is 0 Å². The normalized spacial score (nSPS) is 25.6. The topological polar surface area (TPSA) is 21.3 Å². The second kappa shape index (κ2) is 5.87. The molecule has 1 aliphatic heterocycles. The molecule has 2 nitrogen and oxygen atoms in total. The Bertz CT molecular complexity index is 424. The Labute approximate surface area is 123 Å². The van der Waals surface area contributed by atoms with Crippen LogP contribution in [0.15, 0.2) is 30.3 Å². The highest BCUT2D eigenvalue weighted by atomic mass is 16.5. The molecule has 1 heterocycles. The van der Waals surface area contributed by atoms with Crippen molar-refractivity contribution in [3.8, 4) is 0 Å². The Morgan fingerprint density at radius 3 is 2.35 bits per heavy atom. The molecule has 0 bridgehead atoms. The standard InChI is InChI=1S/C18H29NO/c1-6-10-15(14-11-8-7-9-12-14)19-16-13-17(2,3)20-18(16,4)5/h7-9,11-12,15-16,19H,6,10,13H2,1-5H3. The van der Waals surface area contributed by atoms with Gasteiger partial charge in [-0.3, -0.25) is 0 Å². The van der Waals surface area contributed by atoms with Crippen molar-refractivity contribution < 1.29 is 4.74 Å². The highest BCUT2D eigenvalue weighted by molar-refractivity contribution is 5.19. The third kappa shape index (κ3) is 3.62. The number of hydrogen-bond acceptors (Lipinski definition) is 2. The van der Waals surface area contributed by atoms with E-state index in [-0.39, 0.29) is 11.2 Å². The number of rotatable bonds is 5. The lowest BCUT2D eigenvalue weighted by atomic mass is 9.92. The third-order valence-corrected chi connectivity index (χ3v) is 4.26. The van der Waals surface area contributed by atoms with Crippen LogP contribution in [-0.2, 0) is 4.74 Å². The van der Waals surface area contributed by atoms with Gasteiger partial charge in [-0.05, 0) is 46.1 Å². The van der Waals surface area contributed by atoms with E-state index in [1.165, 1.54) is 12.0 Å². The van der Waals surface area contributed by atoms with Gasteiger partial charge < -0.3 is 10.1 Å². The van der Waals surface area contributed by atoms with E-state index < -0.39 is 0 Å². The highest BCUT2D eigenvalue weighted by Crippen LogP contribution is 2.38. The van der Waals surface area contributed by atoms with E-state index in [0.717, 1.165) is 12.8 Å². The third-order valence-electron chi connectivity index (χ3n) is 4.26. The zero-order chi connectivity index (χ0) is 14.8. The summed E-state index contributed by atoms with van der Waals surface area (Å²) in [6.45, 7) is 11.0. The van der Waals surface area contributed by atoms with Gasteiger partial charge in [-0.25, -0.2) is 0 Å². The van der Waals surface area contributed by atoms with Crippen molar-refractivity contribution in [3.05, 3.63) is 35.9 Å². The second-order valence-electron chi connectivity index (χ2n) is 7.14. The minimum Gasteiger partial charge on any atom is -0.368 e. The number of nitrogens with one attached hydrogen (secondary N) is 1. The monoisotopic (exact) mass is 275 g/mol. The molecule has 1 fully saturated rings. The molecule has 0 radical (unpaired) electrons. The first-order valence-corrected chi connectivity index (χ1v) is 7.85. The first-order valence-electron chi connectivity index (χ1n) is 7.85. The van der Waals surface area contributed by atoms with E-state index in [2.05, 4.69) is 70.3 Å². The summed E-state index contributed by atoms with van der Waals surface area (Å²) in [4.78, 5) is 0. The van der Waals surface area contributed by atoms with Gasteiger partial charge in [-0.15, -0.1) is 0 Å². The Morgan fingerprint density at radius 2 is 1.85 bits per heavy atom. The summed E-state index contributed by atoms with van der Waals surface area (Å²) in [6, 6.07) is 11.6. The van der Waals surface area contributed by atoms with Crippen molar-refractivity contribution in [3.63, 3.8) is 0 Å². The Balaban J connectivity index is 2.13. The average molecular weight is 275 g/mol. The first kappa shape index (κ1) is 15.5. The zero-order valence-electron chi connectivity index (χ0n) is 13.6. The van der Waals surface area contributed by atoms with Crippen LogP contribution >= 0.6 is 0 Å². The van der Waals surface area contributed by atoms with Gasteiger partial charge in [-0.1, -0.05) is 43.7 Å². The van der Waals surface area contributed by atoms with Gasteiger partial charge in [0.05, 0.1) is 11.2 Å². The van der Waals surface area contributed by atoms with Crippen molar-refractivity contribution in [2.45, 2.75) is 77.2 Å². The molecule has 2 heteroatoms.